The molecule has 1 heterocycles. The van der Waals surface area contributed by atoms with Crippen LogP contribution < -0.4 is 0 Å². The van der Waals surface area contributed by atoms with Gasteiger partial charge in [-0.3, -0.25) is 0 Å². The van der Waals surface area contributed by atoms with Crippen molar-refractivity contribution in [2.24, 2.45) is 4.99 Å². The van der Waals surface area contributed by atoms with Gasteiger partial charge in [-0.25, -0.2) is 19.8 Å². The fourth-order valence-corrected chi connectivity index (χ4v) is 1.24. The molecule has 1 aromatic carbocycles. The molecule has 0 aliphatic rings. The van der Waals surface area contributed by atoms with Crippen LogP contribution in [0.5, 0.6) is 0 Å². The fraction of sp³-hybridized carbons (Fsp3) is 0. The smallest absolute Gasteiger partial charge is 0.335 e. The number of hydrogen-bond acceptors (Lipinski definition) is 4. The molecule has 2 aromatic rings. The second kappa shape index (κ2) is 4.98. The summed E-state index contributed by atoms with van der Waals surface area (Å²) in [5.74, 6) is -0.621. The highest BCUT2D eigenvalue weighted by Crippen LogP contribution is 2.05. The lowest BCUT2D eigenvalue weighted by Gasteiger charge is -1.96. The van der Waals surface area contributed by atoms with Crippen LogP contribution in [-0.2, 0) is 0 Å². The number of benzene rings is 1. The van der Waals surface area contributed by atoms with E-state index in [1.807, 2.05) is 0 Å². The highest BCUT2D eigenvalue weighted by atomic mass is 16.4. The molecule has 0 aliphatic heterocycles. The summed E-state index contributed by atoms with van der Waals surface area (Å²) in [6.45, 7) is 0. The molecule has 0 aliphatic carbocycles. The molecule has 0 saturated carbocycles. The third-order valence-electron chi connectivity index (χ3n) is 2.01. The van der Waals surface area contributed by atoms with Gasteiger partial charge in [0, 0.05) is 18.6 Å². The minimum atomic E-state index is -0.962. The number of aromatic nitrogens is 2. The highest BCUT2D eigenvalue weighted by Gasteiger charge is 2.01. The number of rotatable bonds is 3. The summed E-state index contributed by atoms with van der Waals surface area (Å²) >= 11 is 0. The molecule has 2 rings (SSSR count). The second-order valence-corrected chi connectivity index (χ2v) is 3.24. The Morgan fingerprint density at radius 1 is 1.24 bits per heavy atom. The molecule has 0 amide bonds. The van der Waals surface area contributed by atoms with Crippen molar-refractivity contribution >= 4 is 18.1 Å². The van der Waals surface area contributed by atoms with E-state index in [-0.39, 0.29) is 5.56 Å². The maximum atomic E-state index is 10.8. The first-order chi connectivity index (χ1) is 8.25. The van der Waals surface area contributed by atoms with Crippen LogP contribution in [0.25, 0.3) is 0 Å². The van der Waals surface area contributed by atoms with E-state index in [4.69, 9.17) is 5.11 Å². The molecule has 5 heteroatoms. The molecule has 0 unspecified atom stereocenters. The fourth-order valence-electron chi connectivity index (χ4n) is 1.24. The van der Waals surface area contributed by atoms with E-state index in [1.54, 1.807) is 30.6 Å². The molecule has 0 atom stereocenters. The molecule has 17 heavy (non-hydrogen) atoms. The summed E-state index contributed by atoms with van der Waals surface area (Å²) in [5, 5.41) is 8.83. The molecule has 5 nitrogen and oxygen atoms in total. The van der Waals surface area contributed by atoms with Crippen LogP contribution in [0.3, 0.4) is 0 Å². The summed E-state index contributed by atoms with van der Waals surface area (Å²) in [6, 6.07) is 8.19. The number of carboxylic acids is 1. The standard InChI is InChI=1S/C12H9N3O2/c16-11(17)10-4-1-3-9(7-10)8-15-12-13-5-2-6-14-12/h1-8H,(H,16,17)/b15-8+. The Kier molecular flexibility index (Phi) is 3.20. The molecular formula is C12H9N3O2. The first-order valence-corrected chi connectivity index (χ1v) is 4.90. The van der Waals surface area contributed by atoms with Crippen LogP contribution >= 0.6 is 0 Å². The van der Waals surface area contributed by atoms with E-state index in [1.165, 1.54) is 18.3 Å². The van der Waals surface area contributed by atoms with Crippen LogP contribution in [0.2, 0.25) is 0 Å². The highest BCUT2D eigenvalue weighted by molar-refractivity contribution is 5.91. The van der Waals surface area contributed by atoms with Crippen LogP contribution in [0.15, 0.2) is 47.7 Å². The number of hydrogen-bond donors (Lipinski definition) is 1. The third-order valence-corrected chi connectivity index (χ3v) is 2.01. The van der Waals surface area contributed by atoms with Gasteiger partial charge in [-0.1, -0.05) is 12.1 Å². The van der Waals surface area contributed by atoms with Gasteiger partial charge in [0.05, 0.1) is 5.56 Å². The van der Waals surface area contributed by atoms with Gasteiger partial charge in [0.2, 0.25) is 5.95 Å². The molecule has 0 fully saturated rings. The zero-order valence-corrected chi connectivity index (χ0v) is 8.82. The van der Waals surface area contributed by atoms with E-state index in [0.717, 1.165) is 0 Å². The summed E-state index contributed by atoms with van der Waals surface area (Å²) in [6.07, 6.45) is 4.71. The Labute approximate surface area is 97.5 Å². The van der Waals surface area contributed by atoms with Gasteiger partial charge in [-0.15, -0.1) is 0 Å². The Morgan fingerprint density at radius 2 is 2.00 bits per heavy atom. The average molecular weight is 227 g/mol. The number of carbonyl (C=O) groups is 1. The quantitative estimate of drug-likeness (QED) is 0.813. The molecule has 0 saturated heterocycles. The summed E-state index contributed by atoms with van der Waals surface area (Å²) in [5.41, 5.74) is 0.917. The first-order valence-electron chi connectivity index (χ1n) is 4.90. The Morgan fingerprint density at radius 3 is 2.71 bits per heavy atom. The third kappa shape index (κ3) is 2.94. The van der Waals surface area contributed by atoms with Gasteiger partial charge in [0.1, 0.15) is 0 Å². The van der Waals surface area contributed by atoms with E-state index in [9.17, 15) is 4.79 Å². The topological polar surface area (TPSA) is 75.4 Å². The Balaban J connectivity index is 2.22. The lowest BCUT2D eigenvalue weighted by atomic mass is 10.1. The lowest BCUT2D eigenvalue weighted by molar-refractivity contribution is 0.0697. The van der Waals surface area contributed by atoms with Crippen molar-refractivity contribution in [1.82, 2.24) is 9.97 Å². The van der Waals surface area contributed by atoms with Crippen molar-refractivity contribution in [3.63, 3.8) is 0 Å². The number of nitrogens with zero attached hydrogens (tertiary/aromatic N) is 3. The summed E-state index contributed by atoms with van der Waals surface area (Å²) in [7, 11) is 0. The molecule has 1 N–H and O–H groups in total. The largest absolute Gasteiger partial charge is 0.478 e. The van der Waals surface area contributed by atoms with E-state index in [0.29, 0.717) is 11.5 Å². The summed E-state index contributed by atoms with van der Waals surface area (Å²) < 4.78 is 0. The van der Waals surface area contributed by atoms with Gasteiger partial charge in [0.25, 0.3) is 0 Å². The zero-order valence-electron chi connectivity index (χ0n) is 8.82. The van der Waals surface area contributed by atoms with Crippen LogP contribution in [0.4, 0.5) is 5.95 Å². The van der Waals surface area contributed by atoms with E-state index >= 15 is 0 Å². The maximum Gasteiger partial charge on any atom is 0.335 e. The van der Waals surface area contributed by atoms with Crippen LogP contribution in [-0.4, -0.2) is 27.3 Å². The van der Waals surface area contributed by atoms with Crippen LogP contribution in [0, 0.1) is 0 Å². The predicted octanol–water partition coefficient (Wildman–Crippen LogP) is 1.93. The molecular weight excluding hydrogens is 218 g/mol. The normalized spacial score (nSPS) is 10.6. The van der Waals surface area contributed by atoms with Gasteiger partial charge in [-0.05, 0) is 23.8 Å². The Hall–Kier alpha value is -2.56. The van der Waals surface area contributed by atoms with Crippen molar-refractivity contribution in [3.8, 4) is 0 Å². The predicted molar refractivity (Wildman–Crippen MR) is 62.7 cm³/mol. The first kappa shape index (κ1) is 10.9. The van der Waals surface area contributed by atoms with Crippen molar-refractivity contribution in [1.29, 1.82) is 0 Å². The molecule has 0 spiro atoms. The van der Waals surface area contributed by atoms with Gasteiger partial charge >= 0.3 is 5.97 Å². The van der Waals surface area contributed by atoms with Crippen LogP contribution in [0.1, 0.15) is 15.9 Å². The average Bonchev–Trinajstić information content (AvgIpc) is 2.38. The van der Waals surface area contributed by atoms with Crippen molar-refractivity contribution in [3.05, 3.63) is 53.9 Å². The minimum Gasteiger partial charge on any atom is -0.478 e. The Bertz CT molecular complexity index is 553. The maximum absolute atomic E-state index is 10.8. The van der Waals surface area contributed by atoms with Gasteiger partial charge in [-0.2, -0.15) is 0 Å². The molecule has 84 valence electrons. The zero-order chi connectivity index (χ0) is 12.1. The number of aliphatic imine (C=N–C) groups is 1. The summed E-state index contributed by atoms with van der Waals surface area (Å²) in [4.78, 5) is 22.6. The van der Waals surface area contributed by atoms with Gasteiger partial charge < -0.3 is 5.11 Å². The monoisotopic (exact) mass is 227 g/mol. The van der Waals surface area contributed by atoms with E-state index < -0.39 is 5.97 Å². The minimum absolute atomic E-state index is 0.225. The molecule has 0 bridgehead atoms. The molecule has 0 radical (unpaired) electrons. The lowest BCUT2D eigenvalue weighted by Crippen LogP contribution is -1.96. The van der Waals surface area contributed by atoms with Crippen molar-refractivity contribution in [2.75, 3.05) is 0 Å². The van der Waals surface area contributed by atoms with E-state index in [2.05, 4.69) is 15.0 Å². The van der Waals surface area contributed by atoms with Crippen molar-refractivity contribution < 1.29 is 9.90 Å². The SMILES string of the molecule is O=C(O)c1cccc(/C=N/c2ncccn2)c1. The van der Waals surface area contributed by atoms with Crippen molar-refractivity contribution in [2.45, 2.75) is 0 Å². The second-order valence-electron chi connectivity index (χ2n) is 3.24. The molecule has 1 aromatic heterocycles. The van der Waals surface area contributed by atoms with Gasteiger partial charge in [0.15, 0.2) is 0 Å². The number of carboxylic acid groups (broad SMARTS) is 1. The number of aromatic carboxylic acids is 1.